The summed E-state index contributed by atoms with van der Waals surface area (Å²) in [4.78, 5) is 51.2. The van der Waals surface area contributed by atoms with Crippen molar-refractivity contribution < 1.29 is 23.9 Å². The zero-order valence-electron chi connectivity index (χ0n) is 16.4. The van der Waals surface area contributed by atoms with Crippen molar-refractivity contribution in [1.29, 1.82) is 0 Å². The highest BCUT2D eigenvalue weighted by Gasteiger charge is 2.37. The molecule has 0 saturated heterocycles. The molecule has 0 saturated carbocycles. The summed E-state index contributed by atoms with van der Waals surface area (Å²) in [5.74, 6) is -1.98. The Morgan fingerprint density at radius 2 is 1.58 bits per heavy atom. The van der Waals surface area contributed by atoms with Gasteiger partial charge in [0.25, 0.3) is 11.8 Å². The molecule has 0 aromatic heterocycles. The lowest BCUT2D eigenvalue weighted by Gasteiger charge is -2.14. The number of imide groups is 1. The minimum atomic E-state index is -0.721. The van der Waals surface area contributed by atoms with Crippen molar-refractivity contribution in [2.24, 2.45) is 0 Å². The highest BCUT2D eigenvalue weighted by atomic mass is 79.9. The SMILES string of the molecule is Cc1ccc(C(=O)COC(=O)c2cccc(N3C(=O)c4ccc(Br)cc4C3=O)c2)cc1. The van der Waals surface area contributed by atoms with Crippen molar-refractivity contribution in [2.45, 2.75) is 6.92 Å². The van der Waals surface area contributed by atoms with Gasteiger partial charge in [-0.15, -0.1) is 0 Å². The highest BCUT2D eigenvalue weighted by Crippen LogP contribution is 2.30. The van der Waals surface area contributed by atoms with Crippen molar-refractivity contribution in [1.82, 2.24) is 0 Å². The lowest BCUT2D eigenvalue weighted by atomic mass is 10.1. The summed E-state index contributed by atoms with van der Waals surface area (Å²) < 4.78 is 5.83. The normalized spacial score (nSPS) is 12.6. The molecule has 0 spiro atoms. The fourth-order valence-corrected chi connectivity index (χ4v) is 3.62. The van der Waals surface area contributed by atoms with Crippen LogP contribution in [-0.4, -0.2) is 30.2 Å². The van der Waals surface area contributed by atoms with E-state index in [4.69, 9.17) is 4.74 Å². The molecule has 0 N–H and O–H groups in total. The Kier molecular flexibility index (Phi) is 5.52. The largest absolute Gasteiger partial charge is 0.454 e. The number of hydrogen-bond acceptors (Lipinski definition) is 5. The molecule has 0 radical (unpaired) electrons. The van der Waals surface area contributed by atoms with Gasteiger partial charge in [-0.05, 0) is 43.3 Å². The van der Waals surface area contributed by atoms with Crippen LogP contribution < -0.4 is 4.90 Å². The number of Topliss-reactive ketones (excluding diaryl/α,β-unsaturated/α-hetero) is 1. The van der Waals surface area contributed by atoms with Crippen molar-refractivity contribution in [3.63, 3.8) is 0 Å². The molecular weight excluding hydrogens is 462 g/mol. The first-order valence-corrected chi connectivity index (χ1v) is 10.2. The van der Waals surface area contributed by atoms with Crippen LogP contribution in [-0.2, 0) is 4.74 Å². The topological polar surface area (TPSA) is 80.8 Å². The number of ketones is 1. The van der Waals surface area contributed by atoms with Gasteiger partial charge in [-0.2, -0.15) is 0 Å². The summed E-state index contributed by atoms with van der Waals surface area (Å²) in [6.07, 6.45) is 0. The molecule has 0 fully saturated rings. The zero-order chi connectivity index (χ0) is 22.1. The van der Waals surface area contributed by atoms with Gasteiger partial charge >= 0.3 is 5.97 Å². The number of rotatable bonds is 5. The van der Waals surface area contributed by atoms with Gasteiger partial charge in [0, 0.05) is 10.0 Å². The van der Waals surface area contributed by atoms with Crippen molar-refractivity contribution in [2.75, 3.05) is 11.5 Å². The first kappa shape index (κ1) is 20.7. The average molecular weight is 478 g/mol. The van der Waals surface area contributed by atoms with Crippen LogP contribution in [0, 0.1) is 6.92 Å². The fourth-order valence-electron chi connectivity index (χ4n) is 3.26. The van der Waals surface area contributed by atoms with E-state index in [0.29, 0.717) is 15.6 Å². The number of fused-ring (bicyclic) bond motifs is 1. The van der Waals surface area contributed by atoms with Gasteiger partial charge in [0.2, 0.25) is 0 Å². The van der Waals surface area contributed by atoms with Crippen LogP contribution in [0.5, 0.6) is 0 Å². The maximum absolute atomic E-state index is 12.8. The van der Waals surface area contributed by atoms with Crippen LogP contribution in [0.2, 0.25) is 0 Å². The van der Waals surface area contributed by atoms with E-state index in [2.05, 4.69) is 15.9 Å². The molecule has 0 atom stereocenters. The number of amides is 2. The Balaban J connectivity index is 1.50. The van der Waals surface area contributed by atoms with Gasteiger partial charge in [-0.25, -0.2) is 9.69 Å². The molecule has 0 aliphatic carbocycles. The number of ether oxygens (including phenoxy) is 1. The number of carbonyl (C=O) groups is 4. The molecule has 4 rings (SSSR count). The third-order valence-corrected chi connectivity index (χ3v) is 5.39. The minimum Gasteiger partial charge on any atom is -0.454 e. The monoisotopic (exact) mass is 477 g/mol. The maximum atomic E-state index is 12.8. The lowest BCUT2D eigenvalue weighted by molar-refractivity contribution is 0.0474. The Hall–Kier alpha value is -3.58. The van der Waals surface area contributed by atoms with Gasteiger partial charge in [0.1, 0.15) is 0 Å². The summed E-state index contributed by atoms with van der Waals surface area (Å²) >= 11 is 3.30. The quantitative estimate of drug-likeness (QED) is 0.304. The number of nitrogens with zero attached hydrogens (tertiary/aromatic N) is 1. The Morgan fingerprint density at radius 3 is 2.32 bits per heavy atom. The Labute approximate surface area is 186 Å². The van der Waals surface area contributed by atoms with E-state index in [1.807, 2.05) is 6.92 Å². The van der Waals surface area contributed by atoms with Crippen LogP contribution in [0.3, 0.4) is 0 Å². The van der Waals surface area contributed by atoms with Crippen LogP contribution in [0.1, 0.15) is 47.0 Å². The molecule has 154 valence electrons. The van der Waals surface area contributed by atoms with E-state index in [-0.39, 0.29) is 22.6 Å². The second kappa shape index (κ2) is 8.28. The maximum Gasteiger partial charge on any atom is 0.338 e. The molecular formula is C24H16BrNO5. The first-order valence-electron chi connectivity index (χ1n) is 9.40. The lowest BCUT2D eigenvalue weighted by Crippen LogP contribution is -2.29. The van der Waals surface area contributed by atoms with Gasteiger partial charge in [-0.1, -0.05) is 51.8 Å². The predicted octanol–water partition coefficient (Wildman–Crippen LogP) is 4.60. The standard InChI is InChI=1S/C24H16BrNO5/c1-14-5-7-15(8-6-14)21(27)13-31-24(30)16-3-2-4-18(11-16)26-22(28)19-10-9-17(25)12-20(19)23(26)29/h2-12H,13H2,1H3. The van der Waals surface area contributed by atoms with E-state index in [1.165, 1.54) is 12.1 Å². The molecule has 7 heteroatoms. The second-order valence-electron chi connectivity index (χ2n) is 7.05. The van der Waals surface area contributed by atoms with E-state index >= 15 is 0 Å². The summed E-state index contributed by atoms with van der Waals surface area (Å²) in [6, 6.07) is 17.8. The minimum absolute atomic E-state index is 0.131. The smallest absolute Gasteiger partial charge is 0.338 e. The fraction of sp³-hybridized carbons (Fsp3) is 0.0833. The summed E-state index contributed by atoms with van der Waals surface area (Å²) in [5.41, 5.74) is 2.43. The van der Waals surface area contributed by atoms with Gasteiger partial charge in [0.05, 0.1) is 22.4 Å². The van der Waals surface area contributed by atoms with Gasteiger partial charge in [-0.3, -0.25) is 14.4 Å². The molecule has 1 aliphatic heterocycles. The van der Waals surface area contributed by atoms with Crippen LogP contribution in [0.25, 0.3) is 0 Å². The molecule has 3 aromatic carbocycles. The summed E-state index contributed by atoms with van der Waals surface area (Å²) in [7, 11) is 0. The van der Waals surface area contributed by atoms with E-state index < -0.39 is 24.4 Å². The Bertz CT molecular complexity index is 1230. The molecule has 6 nitrogen and oxygen atoms in total. The van der Waals surface area contributed by atoms with Gasteiger partial charge in [0.15, 0.2) is 12.4 Å². The molecule has 1 aliphatic rings. The predicted molar refractivity (Wildman–Crippen MR) is 118 cm³/mol. The summed E-state index contributed by atoms with van der Waals surface area (Å²) in [5, 5.41) is 0. The van der Waals surface area contributed by atoms with E-state index in [1.54, 1.807) is 54.6 Å². The summed E-state index contributed by atoms with van der Waals surface area (Å²) in [6.45, 7) is 1.50. The van der Waals surface area contributed by atoms with Gasteiger partial charge < -0.3 is 4.74 Å². The number of anilines is 1. The van der Waals surface area contributed by atoms with Crippen LogP contribution >= 0.6 is 15.9 Å². The van der Waals surface area contributed by atoms with Crippen molar-refractivity contribution in [3.8, 4) is 0 Å². The number of benzene rings is 3. The van der Waals surface area contributed by atoms with E-state index in [9.17, 15) is 19.2 Å². The molecule has 0 unspecified atom stereocenters. The number of carbonyl (C=O) groups excluding carboxylic acids is 4. The highest BCUT2D eigenvalue weighted by molar-refractivity contribution is 9.10. The number of halogens is 1. The van der Waals surface area contributed by atoms with Crippen LogP contribution in [0.4, 0.5) is 5.69 Å². The molecule has 2 amide bonds. The second-order valence-corrected chi connectivity index (χ2v) is 7.97. The van der Waals surface area contributed by atoms with Crippen molar-refractivity contribution >= 4 is 45.2 Å². The number of aryl methyl sites for hydroxylation is 1. The van der Waals surface area contributed by atoms with Crippen LogP contribution in [0.15, 0.2) is 71.2 Å². The average Bonchev–Trinajstić information content (AvgIpc) is 3.01. The third kappa shape index (κ3) is 4.04. The first-order chi connectivity index (χ1) is 14.8. The molecule has 3 aromatic rings. The zero-order valence-corrected chi connectivity index (χ0v) is 18.0. The van der Waals surface area contributed by atoms with Crippen molar-refractivity contribution in [3.05, 3.63) is 99.0 Å². The third-order valence-electron chi connectivity index (χ3n) is 4.90. The number of hydrogen-bond donors (Lipinski definition) is 0. The molecule has 0 bridgehead atoms. The Morgan fingerprint density at radius 1 is 0.871 bits per heavy atom. The molecule has 31 heavy (non-hydrogen) atoms. The molecule has 1 heterocycles. The van der Waals surface area contributed by atoms with E-state index in [0.717, 1.165) is 10.5 Å². The number of esters is 1.